The summed E-state index contributed by atoms with van der Waals surface area (Å²) < 4.78 is 51.1. The number of ether oxygens (including phenoxy) is 1. The van der Waals surface area contributed by atoms with Crippen LogP contribution in [0.1, 0.15) is 70.2 Å². The average Bonchev–Trinajstić information content (AvgIpc) is 3.52. The van der Waals surface area contributed by atoms with E-state index in [1.54, 1.807) is 19.7 Å². The van der Waals surface area contributed by atoms with Crippen molar-refractivity contribution < 1.29 is 22.3 Å². The highest BCUT2D eigenvalue weighted by Crippen LogP contribution is 2.43. The first kappa shape index (κ1) is 35.5. The second-order valence-corrected chi connectivity index (χ2v) is 18.0. The van der Waals surface area contributed by atoms with Crippen LogP contribution in [0.25, 0.3) is 0 Å². The molecule has 5 saturated heterocycles. The molecule has 2 spiro atoms. The Bertz CT molecular complexity index is 1640. The van der Waals surface area contributed by atoms with Crippen LogP contribution in [0.5, 0.6) is 11.5 Å². The summed E-state index contributed by atoms with van der Waals surface area (Å²) in [5.74, 6) is 1.04. The second kappa shape index (κ2) is 13.9. The van der Waals surface area contributed by atoms with E-state index in [1.165, 1.54) is 24.5 Å². The molecule has 12 nitrogen and oxygen atoms in total. The van der Waals surface area contributed by atoms with E-state index in [4.69, 9.17) is 4.74 Å². The van der Waals surface area contributed by atoms with Crippen molar-refractivity contribution in [1.29, 1.82) is 0 Å². The molecule has 1 amide bonds. The molecule has 0 unspecified atom stereocenters. The molecular weight excluding hydrogens is 660 g/mol. The number of piperidine rings is 2. The largest absolute Gasteiger partial charge is 0.451 e. The zero-order valence-corrected chi connectivity index (χ0v) is 30.8. The van der Waals surface area contributed by atoms with Gasteiger partial charge in [-0.3, -0.25) is 4.79 Å². The summed E-state index contributed by atoms with van der Waals surface area (Å²) in [5, 5.41) is 3.36. The molecule has 1 aromatic carbocycles. The van der Waals surface area contributed by atoms with Crippen molar-refractivity contribution in [3.63, 3.8) is 0 Å². The number of aromatic nitrogens is 2. The average molecular weight is 713 g/mol. The Balaban J connectivity index is 0.922. The minimum Gasteiger partial charge on any atom is -0.451 e. The lowest BCUT2D eigenvalue weighted by Gasteiger charge is -2.55. The number of amides is 1. The number of nitrogens with zero attached hydrogens (tertiary/aromatic N) is 7. The van der Waals surface area contributed by atoms with E-state index in [9.17, 15) is 17.6 Å². The minimum absolute atomic E-state index is 0.0664. The van der Waals surface area contributed by atoms with Crippen LogP contribution >= 0.6 is 0 Å². The molecule has 0 radical (unpaired) electrons. The van der Waals surface area contributed by atoms with E-state index in [-0.39, 0.29) is 34.7 Å². The van der Waals surface area contributed by atoms with E-state index in [0.717, 1.165) is 77.9 Å². The smallest absolute Gasteiger partial charge is 0.281 e. The summed E-state index contributed by atoms with van der Waals surface area (Å²) in [6.07, 6.45) is 7.89. The maximum absolute atomic E-state index is 14.4. The fourth-order valence-electron chi connectivity index (χ4n) is 8.97. The molecule has 50 heavy (non-hydrogen) atoms. The highest BCUT2D eigenvalue weighted by Gasteiger charge is 2.49. The Labute approximate surface area is 296 Å². The molecule has 5 aliphatic rings. The van der Waals surface area contributed by atoms with Gasteiger partial charge in [-0.15, -0.1) is 0 Å². The molecule has 0 aliphatic carbocycles. The molecule has 274 valence electrons. The number of nitrogens with one attached hydrogen (secondary N) is 1. The van der Waals surface area contributed by atoms with E-state index in [2.05, 4.69) is 25.1 Å². The zero-order valence-electron chi connectivity index (χ0n) is 30.0. The standard InChI is InChI=1S/C36H53FN8O4S/c1-26(2)45(27(3)4)34(46)30-17-29(37)5-6-31(30)49-32-18-38-25-40-33(32)42-12-7-28(20-42)19-41-23-36(24-41)10-15-44(16-11-36)50(47,48)43-13-8-35(9-14-43)21-39-22-35/h5-6,17-18,25-28,39H,7-16,19-24H2,1-4H3/t28-/m0/s1. The third kappa shape index (κ3) is 6.98. The second-order valence-electron chi connectivity index (χ2n) is 16.0. The predicted molar refractivity (Wildman–Crippen MR) is 190 cm³/mol. The first-order valence-corrected chi connectivity index (χ1v) is 19.8. The van der Waals surface area contributed by atoms with Gasteiger partial charge in [-0.05, 0) is 94.7 Å². The van der Waals surface area contributed by atoms with E-state index < -0.39 is 16.0 Å². The maximum Gasteiger partial charge on any atom is 0.281 e. The molecule has 0 bridgehead atoms. The number of carbonyl (C=O) groups excluding carboxylic acids is 1. The SMILES string of the molecule is CC(C)N(C(=O)c1cc(F)ccc1Oc1cncnc1N1CC[C@@H](CN2CC3(CCN(S(=O)(=O)N4CCC5(CC4)CNC5)CC3)C2)C1)C(C)C. The number of anilines is 1. The van der Waals surface area contributed by atoms with Crippen molar-refractivity contribution in [3.8, 4) is 11.5 Å². The Kier molecular flexibility index (Phi) is 9.87. The van der Waals surface area contributed by atoms with Gasteiger partial charge in [-0.1, -0.05) is 0 Å². The molecular formula is C36H53FN8O4S. The lowest BCUT2D eigenvalue weighted by Crippen LogP contribution is -2.63. The van der Waals surface area contributed by atoms with Gasteiger partial charge in [0, 0.05) is 84.1 Å². The highest BCUT2D eigenvalue weighted by molar-refractivity contribution is 7.86. The van der Waals surface area contributed by atoms with Gasteiger partial charge in [0.2, 0.25) is 0 Å². The Morgan fingerprint density at radius 3 is 2.22 bits per heavy atom. The molecule has 2 aromatic rings. The number of hydrogen-bond acceptors (Lipinski definition) is 9. The number of rotatable bonds is 10. The molecule has 14 heteroatoms. The summed E-state index contributed by atoms with van der Waals surface area (Å²) in [7, 11) is -3.39. The minimum atomic E-state index is -3.39. The highest BCUT2D eigenvalue weighted by atomic mass is 32.2. The lowest BCUT2D eigenvalue weighted by atomic mass is 9.72. The zero-order chi connectivity index (χ0) is 35.3. The van der Waals surface area contributed by atoms with E-state index in [1.807, 2.05) is 27.7 Å². The number of benzene rings is 1. The fraction of sp³-hybridized carbons (Fsp3) is 0.694. The first-order chi connectivity index (χ1) is 23.9. The molecule has 1 N–H and O–H groups in total. The van der Waals surface area contributed by atoms with Crippen LogP contribution in [-0.2, 0) is 10.2 Å². The molecule has 5 aliphatic heterocycles. The normalized spacial score (nSPS) is 24.1. The number of likely N-dealkylation sites (tertiary alicyclic amines) is 1. The topological polar surface area (TPSA) is 114 Å². The molecule has 1 aromatic heterocycles. The number of halogens is 1. The van der Waals surface area contributed by atoms with Gasteiger partial charge in [0.05, 0.1) is 11.8 Å². The third-order valence-corrected chi connectivity index (χ3v) is 13.9. The Morgan fingerprint density at radius 2 is 1.62 bits per heavy atom. The van der Waals surface area contributed by atoms with Crippen LogP contribution in [0.3, 0.4) is 0 Å². The third-order valence-electron chi connectivity index (χ3n) is 11.8. The van der Waals surface area contributed by atoms with E-state index >= 15 is 0 Å². The van der Waals surface area contributed by atoms with Crippen molar-refractivity contribution in [2.24, 2.45) is 16.7 Å². The first-order valence-electron chi connectivity index (χ1n) is 18.4. The van der Waals surface area contributed by atoms with Crippen molar-refractivity contribution in [2.45, 2.75) is 71.9 Å². The molecule has 5 fully saturated rings. The quantitative estimate of drug-likeness (QED) is 0.393. The van der Waals surface area contributed by atoms with Crippen LogP contribution in [-0.4, -0.2) is 127 Å². The fourth-order valence-corrected chi connectivity index (χ4v) is 10.6. The van der Waals surface area contributed by atoms with Crippen LogP contribution in [0.15, 0.2) is 30.7 Å². The monoisotopic (exact) mass is 712 g/mol. The van der Waals surface area contributed by atoms with Crippen LogP contribution in [0.2, 0.25) is 0 Å². The summed E-state index contributed by atoms with van der Waals surface area (Å²) in [5.41, 5.74) is 0.711. The molecule has 1 atom stereocenters. The Morgan fingerprint density at radius 1 is 0.980 bits per heavy atom. The van der Waals surface area contributed by atoms with Crippen molar-refractivity contribution in [2.75, 3.05) is 76.9 Å². The van der Waals surface area contributed by atoms with Gasteiger partial charge >= 0.3 is 0 Å². The number of carbonyl (C=O) groups is 1. The van der Waals surface area contributed by atoms with Gasteiger partial charge < -0.3 is 24.8 Å². The summed E-state index contributed by atoms with van der Waals surface area (Å²) in [6.45, 7) is 17.0. The van der Waals surface area contributed by atoms with Gasteiger partial charge in [-0.2, -0.15) is 17.0 Å². The van der Waals surface area contributed by atoms with Crippen molar-refractivity contribution in [3.05, 3.63) is 42.1 Å². The maximum atomic E-state index is 14.4. The summed E-state index contributed by atoms with van der Waals surface area (Å²) >= 11 is 0. The van der Waals surface area contributed by atoms with E-state index in [0.29, 0.717) is 49.1 Å². The van der Waals surface area contributed by atoms with Crippen molar-refractivity contribution in [1.82, 2.24) is 33.7 Å². The van der Waals surface area contributed by atoms with Gasteiger partial charge in [-0.25, -0.2) is 14.4 Å². The predicted octanol–water partition coefficient (Wildman–Crippen LogP) is 3.82. The number of hydrogen-bond donors (Lipinski definition) is 1. The molecule has 7 rings (SSSR count). The molecule has 6 heterocycles. The van der Waals surface area contributed by atoms with Crippen molar-refractivity contribution >= 4 is 21.9 Å². The summed E-state index contributed by atoms with van der Waals surface area (Å²) in [4.78, 5) is 28.8. The van der Waals surface area contributed by atoms with Gasteiger partial charge in [0.25, 0.3) is 16.1 Å². The summed E-state index contributed by atoms with van der Waals surface area (Å²) in [6, 6.07) is 3.91. The Hall–Kier alpha value is -2.91. The van der Waals surface area contributed by atoms with Gasteiger partial charge in [0.15, 0.2) is 11.6 Å². The van der Waals surface area contributed by atoms with Crippen LogP contribution < -0.4 is 15.0 Å². The lowest BCUT2D eigenvalue weighted by molar-refractivity contribution is -0.0415. The van der Waals surface area contributed by atoms with Crippen LogP contribution in [0, 0.1) is 22.6 Å². The molecule has 0 saturated carbocycles. The van der Waals surface area contributed by atoms with Crippen LogP contribution in [0.4, 0.5) is 10.2 Å². The van der Waals surface area contributed by atoms with Gasteiger partial charge in [0.1, 0.15) is 17.9 Å².